The van der Waals surface area contributed by atoms with E-state index in [1.54, 1.807) is 12.1 Å². The molecule has 2 rings (SSSR count). The summed E-state index contributed by atoms with van der Waals surface area (Å²) < 4.78 is 0. The number of nitrogens with two attached hydrogens (primary N) is 2. The average molecular weight is 300 g/mol. The first-order valence-corrected chi connectivity index (χ1v) is 6.13. The van der Waals surface area contributed by atoms with Crippen LogP contribution in [0.4, 0.5) is 17.1 Å². The zero-order valence-electron chi connectivity index (χ0n) is 11.3. The predicted octanol–water partition coefficient (Wildman–Crippen LogP) is 1.53. The average Bonchev–Trinajstić information content (AvgIpc) is 2.47. The van der Waals surface area contributed by atoms with Gasteiger partial charge in [-0.15, -0.1) is 0 Å². The molecule has 0 fully saturated rings. The summed E-state index contributed by atoms with van der Waals surface area (Å²) in [4.78, 5) is 33.3. The Labute approximate surface area is 124 Å². The molecule has 2 amide bonds. The Bertz CT molecular complexity index is 773. The highest BCUT2D eigenvalue weighted by atomic mass is 16.6. The van der Waals surface area contributed by atoms with E-state index in [1.165, 1.54) is 24.3 Å². The van der Waals surface area contributed by atoms with E-state index in [2.05, 4.69) is 5.32 Å². The third kappa shape index (κ3) is 3.18. The van der Waals surface area contributed by atoms with Gasteiger partial charge >= 0.3 is 0 Å². The number of rotatable bonds is 4. The van der Waals surface area contributed by atoms with Crippen molar-refractivity contribution in [2.24, 2.45) is 5.73 Å². The molecule has 5 N–H and O–H groups in total. The monoisotopic (exact) mass is 300 g/mol. The van der Waals surface area contributed by atoms with Crippen LogP contribution in [0.3, 0.4) is 0 Å². The van der Waals surface area contributed by atoms with Crippen molar-refractivity contribution in [2.45, 2.75) is 0 Å². The van der Waals surface area contributed by atoms with Crippen LogP contribution in [0.2, 0.25) is 0 Å². The highest BCUT2D eigenvalue weighted by Gasteiger charge is 2.16. The summed E-state index contributed by atoms with van der Waals surface area (Å²) in [6.45, 7) is 0. The molecule has 8 heteroatoms. The summed E-state index contributed by atoms with van der Waals surface area (Å²) in [5.41, 5.74) is 10.9. The van der Waals surface area contributed by atoms with Gasteiger partial charge in [-0.05, 0) is 30.3 Å². The molecule has 8 nitrogen and oxygen atoms in total. The number of hydrogen-bond donors (Lipinski definition) is 3. The molecule has 0 radical (unpaired) electrons. The van der Waals surface area contributed by atoms with E-state index in [1.807, 2.05) is 0 Å². The van der Waals surface area contributed by atoms with Crippen molar-refractivity contribution < 1.29 is 14.5 Å². The van der Waals surface area contributed by atoms with Gasteiger partial charge < -0.3 is 16.8 Å². The molecular formula is C14H12N4O4. The number of nitro benzene ring substituents is 1. The fraction of sp³-hybridized carbons (Fsp3) is 0. The molecule has 0 aliphatic carbocycles. The predicted molar refractivity (Wildman–Crippen MR) is 80.4 cm³/mol. The molecule has 0 aliphatic heterocycles. The summed E-state index contributed by atoms with van der Waals surface area (Å²) in [6.07, 6.45) is 0. The van der Waals surface area contributed by atoms with E-state index < -0.39 is 16.7 Å². The molecule has 0 heterocycles. The Morgan fingerprint density at radius 2 is 1.82 bits per heavy atom. The summed E-state index contributed by atoms with van der Waals surface area (Å²) in [7, 11) is 0. The molecule has 0 aliphatic rings. The van der Waals surface area contributed by atoms with Crippen molar-refractivity contribution in [2.75, 3.05) is 11.1 Å². The lowest BCUT2D eigenvalue weighted by atomic mass is 10.1. The van der Waals surface area contributed by atoms with Gasteiger partial charge in [0.2, 0.25) is 5.91 Å². The first-order valence-electron chi connectivity index (χ1n) is 6.13. The van der Waals surface area contributed by atoms with E-state index in [4.69, 9.17) is 11.5 Å². The van der Waals surface area contributed by atoms with Crippen molar-refractivity contribution in [3.63, 3.8) is 0 Å². The number of hydrogen-bond acceptors (Lipinski definition) is 5. The van der Waals surface area contributed by atoms with Gasteiger partial charge in [0.15, 0.2) is 0 Å². The van der Waals surface area contributed by atoms with E-state index >= 15 is 0 Å². The number of anilines is 2. The number of primary amides is 1. The van der Waals surface area contributed by atoms with Gasteiger partial charge in [-0.2, -0.15) is 0 Å². The van der Waals surface area contributed by atoms with Crippen LogP contribution in [0.15, 0.2) is 42.5 Å². The van der Waals surface area contributed by atoms with Gasteiger partial charge in [0.25, 0.3) is 11.6 Å². The number of amides is 2. The molecule has 22 heavy (non-hydrogen) atoms. The molecule has 0 atom stereocenters. The van der Waals surface area contributed by atoms with Crippen molar-refractivity contribution in [3.8, 4) is 0 Å². The Morgan fingerprint density at radius 3 is 2.45 bits per heavy atom. The maximum absolute atomic E-state index is 12.1. The summed E-state index contributed by atoms with van der Waals surface area (Å²) in [5.74, 6) is -1.19. The van der Waals surface area contributed by atoms with Crippen LogP contribution in [-0.2, 0) is 0 Å². The van der Waals surface area contributed by atoms with Gasteiger partial charge in [-0.3, -0.25) is 19.7 Å². The summed E-state index contributed by atoms with van der Waals surface area (Å²) in [6, 6.07) is 9.78. The van der Waals surface area contributed by atoms with Crippen molar-refractivity contribution in [1.29, 1.82) is 0 Å². The highest BCUT2D eigenvalue weighted by molar-refractivity contribution is 6.05. The number of nitrogen functional groups attached to an aromatic ring is 1. The number of nitrogens with zero attached hydrogens (tertiary/aromatic N) is 1. The van der Waals surface area contributed by atoms with E-state index in [9.17, 15) is 19.7 Å². The number of carbonyl (C=O) groups excluding carboxylic acids is 2. The normalized spacial score (nSPS) is 10.0. The molecule has 112 valence electrons. The zero-order valence-corrected chi connectivity index (χ0v) is 11.3. The second-order valence-electron chi connectivity index (χ2n) is 4.43. The molecule has 0 bridgehead atoms. The van der Waals surface area contributed by atoms with Gasteiger partial charge in [0.1, 0.15) is 5.69 Å². The van der Waals surface area contributed by atoms with E-state index in [-0.39, 0.29) is 22.5 Å². The second kappa shape index (κ2) is 5.92. The molecule has 0 unspecified atom stereocenters. The Kier molecular flexibility index (Phi) is 4.03. The smallest absolute Gasteiger partial charge is 0.292 e. The third-order valence-electron chi connectivity index (χ3n) is 2.89. The quantitative estimate of drug-likeness (QED) is 0.446. The van der Waals surface area contributed by atoms with Crippen LogP contribution in [-0.4, -0.2) is 16.7 Å². The van der Waals surface area contributed by atoms with Crippen LogP contribution in [0.5, 0.6) is 0 Å². The lowest BCUT2D eigenvalue weighted by molar-refractivity contribution is -0.383. The van der Waals surface area contributed by atoms with Gasteiger partial charge in [0, 0.05) is 22.9 Å². The van der Waals surface area contributed by atoms with Gasteiger partial charge in [-0.1, -0.05) is 6.07 Å². The minimum absolute atomic E-state index is 0.0303. The van der Waals surface area contributed by atoms with Crippen LogP contribution in [0.25, 0.3) is 0 Å². The molecular weight excluding hydrogens is 288 g/mol. The highest BCUT2D eigenvalue weighted by Crippen LogP contribution is 2.23. The number of carbonyl (C=O) groups is 2. The van der Waals surface area contributed by atoms with Crippen LogP contribution in [0.1, 0.15) is 20.7 Å². The molecule has 0 saturated heterocycles. The summed E-state index contributed by atoms with van der Waals surface area (Å²) >= 11 is 0. The fourth-order valence-electron chi connectivity index (χ4n) is 1.80. The van der Waals surface area contributed by atoms with Crippen molar-refractivity contribution >= 4 is 28.9 Å². The van der Waals surface area contributed by atoms with Crippen LogP contribution in [0, 0.1) is 10.1 Å². The molecule has 2 aromatic carbocycles. The lowest BCUT2D eigenvalue weighted by Crippen LogP contribution is -2.14. The number of nitro groups is 1. The van der Waals surface area contributed by atoms with Crippen LogP contribution >= 0.6 is 0 Å². The second-order valence-corrected chi connectivity index (χ2v) is 4.43. The molecule has 0 saturated carbocycles. The maximum atomic E-state index is 12.1. The molecule has 0 aromatic heterocycles. The number of nitrogens with one attached hydrogen (secondary N) is 1. The van der Waals surface area contributed by atoms with Crippen molar-refractivity contribution in [3.05, 3.63) is 63.7 Å². The van der Waals surface area contributed by atoms with Crippen LogP contribution < -0.4 is 16.8 Å². The summed E-state index contributed by atoms with van der Waals surface area (Å²) in [5, 5.41) is 13.3. The van der Waals surface area contributed by atoms with Crippen molar-refractivity contribution in [1.82, 2.24) is 0 Å². The maximum Gasteiger partial charge on any atom is 0.292 e. The fourth-order valence-corrected chi connectivity index (χ4v) is 1.80. The third-order valence-corrected chi connectivity index (χ3v) is 2.89. The number of benzene rings is 2. The standard InChI is InChI=1S/C14H12N4O4/c15-11-5-4-9(7-12(11)18(21)22)14(20)17-10-3-1-2-8(6-10)13(16)19/h1-7H,15H2,(H2,16,19)(H,17,20). The Balaban J connectivity index is 2.26. The topological polar surface area (TPSA) is 141 Å². The largest absolute Gasteiger partial charge is 0.393 e. The first kappa shape index (κ1) is 15.0. The lowest BCUT2D eigenvalue weighted by Gasteiger charge is -2.07. The zero-order chi connectivity index (χ0) is 16.3. The van der Waals surface area contributed by atoms with Gasteiger partial charge in [-0.25, -0.2) is 0 Å². The molecule has 0 spiro atoms. The molecule has 2 aromatic rings. The minimum atomic E-state index is -0.667. The van der Waals surface area contributed by atoms with E-state index in [0.29, 0.717) is 5.69 Å². The van der Waals surface area contributed by atoms with E-state index in [0.717, 1.165) is 6.07 Å². The Morgan fingerprint density at radius 1 is 1.09 bits per heavy atom. The Hall–Kier alpha value is -3.42. The first-order chi connectivity index (χ1) is 10.4. The SMILES string of the molecule is NC(=O)c1cccc(NC(=O)c2ccc(N)c([N+](=O)[O-])c2)c1. The minimum Gasteiger partial charge on any atom is -0.393 e. The van der Waals surface area contributed by atoms with Gasteiger partial charge in [0.05, 0.1) is 4.92 Å².